The molecule has 12 heavy (non-hydrogen) atoms. The van der Waals surface area contributed by atoms with E-state index < -0.39 is 13.0 Å². The van der Waals surface area contributed by atoms with Gasteiger partial charge in [0, 0.05) is 6.04 Å². The number of rotatable bonds is 3. The van der Waals surface area contributed by atoms with Crippen LogP contribution in [0.4, 0.5) is 8.78 Å². The fourth-order valence-electron chi connectivity index (χ4n) is 0.891. The molecule has 0 saturated heterocycles. The maximum atomic E-state index is 11.9. The van der Waals surface area contributed by atoms with E-state index in [-0.39, 0.29) is 6.04 Å². The predicted octanol–water partition coefficient (Wildman–Crippen LogP) is 0.563. The molecular weight excluding hydrogens is 166 g/mol. The summed E-state index contributed by atoms with van der Waals surface area (Å²) in [7, 11) is 0. The summed E-state index contributed by atoms with van der Waals surface area (Å²) in [5.74, 6) is 0. The summed E-state index contributed by atoms with van der Waals surface area (Å²) < 4.78 is 24.9. The average Bonchev–Trinajstić information content (AvgIpc) is 2.33. The monoisotopic (exact) mass is 176 g/mol. The van der Waals surface area contributed by atoms with Crippen molar-refractivity contribution in [2.45, 2.75) is 25.9 Å². The topological polar surface area (TPSA) is 56.7 Å². The van der Waals surface area contributed by atoms with Gasteiger partial charge in [-0.1, -0.05) is 5.21 Å². The molecule has 0 radical (unpaired) electrons. The van der Waals surface area contributed by atoms with Gasteiger partial charge in [-0.25, -0.2) is 13.5 Å². The standard InChI is InChI=1S/C6H10F2N4/c1-4(9)5-2-10-11-12(5)3-6(7)8/h2,4,6H,3,9H2,1H3/t4-/m1/s1. The highest BCUT2D eigenvalue weighted by atomic mass is 19.3. The lowest BCUT2D eigenvalue weighted by atomic mass is 10.3. The molecule has 0 aliphatic heterocycles. The number of hydrogen-bond donors (Lipinski definition) is 1. The van der Waals surface area contributed by atoms with E-state index in [4.69, 9.17) is 5.73 Å². The van der Waals surface area contributed by atoms with Crippen molar-refractivity contribution in [3.63, 3.8) is 0 Å². The molecule has 6 heteroatoms. The first kappa shape index (κ1) is 9.05. The number of nitrogens with zero attached hydrogens (tertiary/aromatic N) is 3. The minimum absolute atomic E-state index is 0.321. The van der Waals surface area contributed by atoms with E-state index >= 15 is 0 Å². The zero-order valence-corrected chi connectivity index (χ0v) is 6.61. The number of alkyl halides is 2. The summed E-state index contributed by atoms with van der Waals surface area (Å²) >= 11 is 0. The molecule has 0 spiro atoms. The molecule has 0 aliphatic rings. The third-order valence-corrected chi connectivity index (χ3v) is 1.43. The second-order valence-electron chi connectivity index (χ2n) is 2.52. The molecule has 1 aromatic heterocycles. The summed E-state index contributed by atoms with van der Waals surface area (Å²) in [6.45, 7) is 1.25. The predicted molar refractivity (Wildman–Crippen MR) is 38.6 cm³/mol. The van der Waals surface area contributed by atoms with E-state index in [9.17, 15) is 8.78 Å². The zero-order chi connectivity index (χ0) is 9.14. The fraction of sp³-hybridized carbons (Fsp3) is 0.667. The second kappa shape index (κ2) is 3.57. The lowest BCUT2D eigenvalue weighted by Gasteiger charge is -2.07. The van der Waals surface area contributed by atoms with Crippen molar-refractivity contribution in [1.29, 1.82) is 0 Å². The molecule has 1 atom stereocenters. The molecule has 0 amide bonds. The van der Waals surface area contributed by atoms with Gasteiger partial charge in [0.2, 0.25) is 0 Å². The van der Waals surface area contributed by atoms with Crippen molar-refractivity contribution in [2.75, 3.05) is 0 Å². The van der Waals surface area contributed by atoms with E-state index in [1.165, 1.54) is 6.20 Å². The van der Waals surface area contributed by atoms with Gasteiger partial charge < -0.3 is 5.73 Å². The number of halogens is 2. The van der Waals surface area contributed by atoms with Crippen LogP contribution in [0.25, 0.3) is 0 Å². The first-order valence-corrected chi connectivity index (χ1v) is 3.53. The Morgan fingerprint density at radius 1 is 1.67 bits per heavy atom. The summed E-state index contributed by atoms with van der Waals surface area (Å²) in [4.78, 5) is 0. The van der Waals surface area contributed by atoms with E-state index in [1.807, 2.05) is 0 Å². The van der Waals surface area contributed by atoms with Gasteiger partial charge in [0.15, 0.2) is 0 Å². The lowest BCUT2D eigenvalue weighted by Crippen LogP contribution is -2.16. The molecule has 4 nitrogen and oxygen atoms in total. The molecular formula is C6H10F2N4. The summed E-state index contributed by atoms with van der Waals surface area (Å²) in [6, 6.07) is -0.321. The Morgan fingerprint density at radius 3 is 2.83 bits per heavy atom. The number of aromatic nitrogens is 3. The molecule has 1 rings (SSSR count). The molecule has 0 unspecified atom stereocenters. The Balaban J connectivity index is 2.77. The van der Waals surface area contributed by atoms with Gasteiger partial charge in [-0.2, -0.15) is 0 Å². The largest absolute Gasteiger partial charge is 0.323 e. The third-order valence-electron chi connectivity index (χ3n) is 1.43. The Labute approximate surface area is 68.4 Å². The summed E-state index contributed by atoms with van der Waals surface area (Å²) in [5.41, 5.74) is 6.01. The first-order chi connectivity index (χ1) is 5.61. The van der Waals surface area contributed by atoms with E-state index in [0.717, 1.165) is 4.68 Å². The highest BCUT2D eigenvalue weighted by molar-refractivity contribution is 4.99. The Hall–Kier alpha value is -1.04. The van der Waals surface area contributed by atoms with Crippen molar-refractivity contribution >= 4 is 0 Å². The molecule has 1 heterocycles. The van der Waals surface area contributed by atoms with Gasteiger partial charge in [0.25, 0.3) is 6.43 Å². The maximum Gasteiger partial charge on any atom is 0.257 e. The van der Waals surface area contributed by atoms with Crippen molar-refractivity contribution in [1.82, 2.24) is 15.0 Å². The SMILES string of the molecule is C[C@@H](N)c1cnnn1CC(F)F. The Kier molecular flexibility index (Phi) is 2.69. The molecule has 0 aliphatic carbocycles. The quantitative estimate of drug-likeness (QED) is 0.732. The second-order valence-corrected chi connectivity index (χ2v) is 2.52. The van der Waals surface area contributed by atoms with Crippen LogP contribution in [-0.4, -0.2) is 21.4 Å². The summed E-state index contributed by atoms with van der Waals surface area (Å²) in [5, 5.41) is 6.98. The van der Waals surface area contributed by atoms with Crippen LogP contribution < -0.4 is 5.73 Å². The van der Waals surface area contributed by atoms with Crippen molar-refractivity contribution in [2.24, 2.45) is 5.73 Å². The average molecular weight is 176 g/mol. The molecule has 2 N–H and O–H groups in total. The Bertz CT molecular complexity index is 245. The molecule has 0 aromatic carbocycles. The van der Waals surface area contributed by atoms with E-state index in [2.05, 4.69) is 10.3 Å². The zero-order valence-electron chi connectivity index (χ0n) is 6.61. The highest BCUT2D eigenvalue weighted by Crippen LogP contribution is 2.08. The van der Waals surface area contributed by atoms with Gasteiger partial charge >= 0.3 is 0 Å². The van der Waals surface area contributed by atoms with Crippen LogP contribution in [0.1, 0.15) is 18.7 Å². The van der Waals surface area contributed by atoms with Gasteiger partial charge in [-0.15, -0.1) is 5.10 Å². The number of hydrogen-bond acceptors (Lipinski definition) is 3. The minimum atomic E-state index is -2.43. The van der Waals surface area contributed by atoms with Crippen LogP contribution >= 0.6 is 0 Å². The van der Waals surface area contributed by atoms with Gasteiger partial charge in [-0.05, 0) is 6.92 Å². The lowest BCUT2D eigenvalue weighted by molar-refractivity contribution is 0.119. The van der Waals surface area contributed by atoms with Gasteiger partial charge in [-0.3, -0.25) is 0 Å². The van der Waals surface area contributed by atoms with Gasteiger partial charge in [0.05, 0.1) is 11.9 Å². The van der Waals surface area contributed by atoms with Crippen molar-refractivity contribution in [3.05, 3.63) is 11.9 Å². The third kappa shape index (κ3) is 1.97. The molecule has 0 fully saturated rings. The van der Waals surface area contributed by atoms with Crippen LogP contribution in [0.15, 0.2) is 6.20 Å². The van der Waals surface area contributed by atoms with Crippen LogP contribution in [0.3, 0.4) is 0 Å². The van der Waals surface area contributed by atoms with Crippen LogP contribution in [0, 0.1) is 0 Å². The Morgan fingerprint density at radius 2 is 2.33 bits per heavy atom. The van der Waals surface area contributed by atoms with Crippen LogP contribution in [0.5, 0.6) is 0 Å². The van der Waals surface area contributed by atoms with Crippen molar-refractivity contribution in [3.8, 4) is 0 Å². The smallest absolute Gasteiger partial charge is 0.257 e. The van der Waals surface area contributed by atoms with Crippen LogP contribution in [-0.2, 0) is 6.54 Å². The van der Waals surface area contributed by atoms with E-state index in [1.54, 1.807) is 6.92 Å². The number of nitrogens with two attached hydrogens (primary N) is 1. The molecule has 0 bridgehead atoms. The maximum absolute atomic E-state index is 11.9. The summed E-state index contributed by atoms with van der Waals surface area (Å²) in [6.07, 6.45) is -1.03. The van der Waals surface area contributed by atoms with Gasteiger partial charge in [0.1, 0.15) is 6.54 Å². The van der Waals surface area contributed by atoms with Crippen molar-refractivity contribution < 1.29 is 8.78 Å². The van der Waals surface area contributed by atoms with E-state index in [0.29, 0.717) is 5.69 Å². The molecule has 0 saturated carbocycles. The molecule has 1 aromatic rings. The fourth-order valence-corrected chi connectivity index (χ4v) is 0.891. The first-order valence-electron chi connectivity index (χ1n) is 3.53. The minimum Gasteiger partial charge on any atom is -0.323 e. The van der Waals surface area contributed by atoms with Crippen LogP contribution in [0.2, 0.25) is 0 Å². The highest BCUT2D eigenvalue weighted by Gasteiger charge is 2.11. The molecule has 68 valence electrons. The normalized spacial score (nSPS) is 13.8.